The molecule has 26 heavy (non-hydrogen) atoms. The Labute approximate surface area is 164 Å². The van der Waals surface area contributed by atoms with Gasteiger partial charge in [0.15, 0.2) is 6.29 Å². The molecule has 2 N–H and O–H groups in total. The highest BCUT2D eigenvalue weighted by Crippen LogP contribution is 2.34. The zero-order valence-electron chi connectivity index (χ0n) is 13.5. The van der Waals surface area contributed by atoms with Gasteiger partial charge in [-0.3, -0.25) is 9.59 Å². The first-order valence-electron chi connectivity index (χ1n) is 7.25. The van der Waals surface area contributed by atoms with Crippen molar-refractivity contribution in [2.45, 2.75) is 0 Å². The van der Waals surface area contributed by atoms with Crippen LogP contribution in [0.1, 0.15) is 15.9 Å². The molecule has 2 aromatic rings. The van der Waals surface area contributed by atoms with Crippen molar-refractivity contribution in [2.75, 3.05) is 7.05 Å². The van der Waals surface area contributed by atoms with Gasteiger partial charge in [0.25, 0.3) is 5.24 Å². The second-order valence-corrected chi connectivity index (χ2v) is 6.90. The molecule has 0 saturated carbocycles. The van der Waals surface area contributed by atoms with Crippen molar-refractivity contribution in [3.63, 3.8) is 0 Å². The lowest BCUT2D eigenvalue weighted by molar-refractivity contribution is -0.104. The summed E-state index contributed by atoms with van der Waals surface area (Å²) in [6.45, 7) is 0. The molecule has 5 nitrogen and oxygen atoms in total. The minimum atomic E-state index is -1.01. The molecule has 0 fully saturated rings. The van der Waals surface area contributed by atoms with Crippen LogP contribution in [0.3, 0.4) is 0 Å². The van der Waals surface area contributed by atoms with Crippen LogP contribution in [-0.4, -0.2) is 29.6 Å². The van der Waals surface area contributed by atoms with Crippen molar-refractivity contribution in [3.05, 3.63) is 62.5 Å². The molecule has 0 heterocycles. The van der Waals surface area contributed by atoms with Gasteiger partial charge >= 0.3 is 5.97 Å². The predicted octanol–water partition coefficient (Wildman–Crippen LogP) is 4.97. The van der Waals surface area contributed by atoms with E-state index in [-0.39, 0.29) is 15.7 Å². The normalized spacial score (nSPS) is 11.1. The molecule has 0 spiro atoms. The molecule has 0 aliphatic heterocycles. The van der Waals surface area contributed by atoms with Gasteiger partial charge in [-0.1, -0.05) is 35.3 Å². The Kier molecular flexibility index (Phi) is 6.85. The molecule has 8 heteroatoms. The van der Waals surface area contributed by atoms with Gasteiger partial charge < -0.3 is 10.4 Å². The SMILES string of the molecule is CNC(=O)S/C(C=O)=C\c1c(Cl)cc(-c2ccc(C(=O)O)cc2)cc1Cl. The second kappa shape index (κ2) is 8.89. The summed E-state index contributed by atoms with van der Waals surface area (Å²) in [6.07, 6.45) is 1.99. The smallest absolute Gasteiger partial charge is 0.335 e. The van der Waals surface area contributed by atoms with Gasteiger partial charge in [-0.15, -0.1) is 0 Å². The van der Waals surface area contributed by atoms with Gasteiger partial charge in [-0.2, -0.15) is 0 Å². The third kappa shape index (κ3) is 4.88. The van der Waals surface area contributed by atoms with E-state index in [1.165, 1.54) is 25.3 Å². The third-order valence-corrected chi connectivity index (χ3v) is 4.83. The zero-order valence-corrected chi connectivity index (χ0v) is 15.8. The lowest BCUT2D eigenvalue weighted by Crippen LogP contribution is -2.11. The number of rotatable bonds is 5. The Morgan fingerprint density at radius 3 is 2.12 bits per heavy atom. The van der Waals surface area contributed by atoms with E-state index in [4.69, 9.17) is 28.3 Å². The average Bonchev–Trinajstić information content (AvgIpc) is 2.63. The predicted molar refractivity (Wildman–Crippen MR) is 105 cm³/mol. The van der Waals surface area contributed by atoms with E-state index in [2.05, 4.69) is 5.32 Å². The molecule has 2 rings (SSSR count). The molecule has 0 bridgehead atoms. The number of benzene rings is 2. The van der Waals surface area contributed by atoms with E-state index < -0.39 is 5.97 Å². The maximum Gasteiger partial charge on any atom is 0.335 e. The van der Waals surface area contributed by atoms with Crippen molar-refractivity contribution >= 4 is 58.5 Å². The number of nitrogens with one attached hydrogen (secondary N) is 1. The standard InChI is InChI=1S/C18H13Cl2NO4S/c1-21-18(25)26-13(9-22)8-14-15(19)6-12(7-16(14)20)10-2-4-11(5-3-10)17(23)24/h2-9H,1H3,(H,21,25)(H,23,24)/b13-8-. The monoisotopic (exact) mass is 409 g/mol. The van der Waals surface area contributed by atoms with Crippen molar-refractivity contribution in [2.24, 2.45) is 0 Å². The molecular weight excluding hydrogens is 397 g/mol. The van der Waals surface area contributed by atoms with Crippen molar-refractivity contribution in [1.29, 1.82) is 0 Å². The number of carbonyl (C=O) groups excluding carboxylic acids is 2. The number of amides is 1. The fourth-order valence-corrected chi connectivity index (χ4v) is 3.22. The van der Waals surface area contributed by atoms with E-state index in [0.29, 0.717) is 27.5 Å². The molecule has 1 amide bonds. The first-order chi connectivity index (χ1) is 12.3. The van der Waals surface area contributed by atoms with E-state index in [1.54, 1.807) is 24.3 Å². The summed E-state index contributed by atoms with van der Waals surface area (Å²) in [4.78, 5) is 33.6. The molecule has 0 aliphatic carbocycles. The van der Waals surface area contributed by atoms with Crippen LogP contribution in [0.2, 0.25) is 10.0 Å². The molecule has 134 valence electrons. The number of hydrogen-bond acceptors (Lipinski definition) is 4. The van der Waals surface area contributed by atoms with Gasteiger partial charge in [0, 0.05) is 22.7 Å². The second-order valence-electron chi connectivity index (χ2n) is 5.04. The topological polar surface area (TPSA) is 83.5 Å². The molecule has 0 aromatic heterocycles. The van der Waals surface area contributed by atoms with Crippen LogP contribution in [0.4, 0.5) is 4.79 Å². The number of thioether (sulfide) groups is 1. The third-order valence-electron chi connectivity index (χ3n) is 3.36. The van der Waals surface area contributed by atoms with Gasteiger partial charge in [-0.25, -0.2) is 4.79 Å². The van der Waals surface area contributed by atoms with E-state index in [9.17, 15) is 14.4 Å². The fourth-order valence-electron chi connectivity index (χ4n) is 2.08. The summed E-state index contributed by atoms with van der Waals surface area (Å²) in [7, 11) is 1.46. The Hall–Kier alpha value is -2.28. The maximum atomic E-state index is 11.4. The van der Waals surface area contributed by atoms with Crippen molar-refractivity contribution in [1.82, 2.24) is 5.32 Å². The van der Waals surface area contributed by atoms with Crippen molar-refractivity contribution < 1.29 is 19.5 Å². The van der Waals surface area contributed by atoms with Crippen LogP contribution in [0.5, 0.6) is 0 Å². The molecule has 0 unspecified atom stereocenters. The summed E-state index contributed by atoms with van der Waals surface area (Å²) in [5.74, 6) is -1.01. The number of hydrogen-bond donors (Lipinski definition) is 2. The van der Waals surface area contributed by atoms with Crippen LogP contribution >= 0.6 is 35.0 Å². The van der Waals surface area contributed by atoms with Crippen LogP contribution in [0, 0.1) is 0 Å². The van der Waals surface area contributed by atoms with E-state index in [0.717, 1.165) is 17.3 Å². The van der Waals surface area contributed by atoms with Crippen LogP contribution in [-0.2, 0) is 4.79 Å². The van der Waals surface area contributed by atoms with Gasteiger partial charge in [0.05, 0.1) is 10.5 Å². The van der Waals surface area contributed by atoms with E-state index >= 15 is 0 Å². The first kappa shape index (κ1) is 20.0. The molecule has 0 radical (unpaired) electrons. The largest absolute Gasteiger partial charge is 0.478 e. The number of halogens is 2. The molecular formula is C18H13Cl2NO4S. The summed E-state index contributed by atoms with van der Waals surface area (Å²) in [5, 5.41) is 11.6. The number of allylic oxidation sites excluding steroid dienone is 1. The number of carboxylic acids is 1. The van der Waals surface area contributed by atoms with Crippen LogP contribution in [0.25, 0.3) is 17.2 Å². The average molecular weight is 410 g/mol. The minimum absolute atomic E-state index is 0.159. The number of carbonyl (C=O) groups is 3. The number of carboxylic acid groups (broad SMARTS) is 1. The summed E-state index contributed by atoms with van der Waals surface area (Å²) in [5.41, 5.74) is 2.02. The Bertz CT molecular complexity index is 872. The molecule has 0 atom stereocenters. The van der Waals surface area contributed by atoms with E-state index in [1.807, 2.05) is 0 Å². The highest BCUT2D eigenvalue weighted by molar-refractivity contribution is 8.17. The summed E-state index contributed by atoms with van der Waals surface area (Å²) >= 11 is 13.3. The molecule has 0 aliphatic rings. The molecule has 2 aromatic carbocycles. The lowest BCUT2D eigenvalue weighted by atomic mass is 10.0. The van der Waals surface area contributed by atoms with Crippen LogP contribution < -0.4 is 5.32 Å². The van der Waals surface area contributed by atoms with Crippen LogP contribution in [0.15, 0.2) is 41.3 Å². The number of aromatic carboxylic acids is 1. The quantitative estimate of drug-likeness (QED) is 0.537. The Morgan fingerprint density at radius 2 is 1.65 bits per heavy atom. The van der Waals surface area contributed by atoms with Gasteiger partial charge in [0.2, 0.25) is 0 Å². The highest BCUT2D eigenvalue weighted by Gasteiger charge is 2.12. The van der Waals surface area contributed by atoms with Gasteiger partial charge in [0.1, 0.15) is 0 Å². The van der Waals surface area contributed by atoms with Gasteiger partial charge in [-0.05, 0) is 53.2 Å². The highest BCUT2D eigenvalue weighted by atomic mass is 35.5. The Balaban J connectivity index is 2.40. The van der Waals surface area contributed by atoms with Crippen molar-refractivity contribution in [3.8, 4) is 11.1 Å². The number of aldehydes is 1. The first-order valence-corrected chi connectivity index (χ1v) is 8.82. The minimum Gasteiger partial charge on any atom is -0.478 e. The summed E-state index contributed by atoms with van der Waals surface area (Å²) < 4.78 is 0. The summed E-state index contributed by atoms with van der Waals surface area (Å²) in [6, 6.07) is 9.58. The Morgan fingerprint density at radius 1 is 1.08 bits per heavy atom. The molecule has 0 saturated heterocycles. The maximum absolute atomic E-state index is 11.4. The zero-order chi connectivity index (χ0) is 19.3. The fraction of sp³-hybridized carbons (Fsp3) is 0.0556. The lowest BCUT2D eigenvalue weighted by Gasteiger charge is -2.09.